The van der Waals surface area contributed by atoms with Gasteiger partial charge in [-0.2, -0.15) is 4.31 Å². The minimum Gasteiger partial charge on any atom is -0.379 e. The summed E-state index contributed by atoms with van der Waals surface area (Å²) in [7, 11) is -3.68. The molecule has 6 nitrogen and oxygen atoms in total. The molecule has 0 aliphatic carbocycles. The predicted octanol–water partition coefficient (Wildman–Crippen LogP) is 3.17. The van der Waals surface area contributed by atoms with Crippen molar-refractivity contribution in [3.8, 4) is 0 Å². The van der Waals surface area contributed by atoms with Gasteiger partial charge in [0.2, 0.25) is 10.0 Å². The maximum Gasteiger partial charge on any atom is 0.258 e. The summed E-state index contributed by atoms with van der Waals surface area (Å²) in [4.78, 5) is 15.5. The average Bonchev–Trinajstić information content (AvgIpc) is 2.78. The fourth-order valence-corrected chi connectivity index (χ4v) is 6.08. The minimum atomic E-state index is -3.68. The second-order valence-corrected chi connectivity index (χ2v) is 9.74. The molecular weight excluding hydrogens is 400 g/mol. The number of carbonyl (C=O) groups is 1. The summed E-state index contributed by atoms with van der Waals surface area (Å²) in [6, 6.07) is 11.2. The van der Waals surface area contributed by atoms with Crippen molar-refractivity contribution >= 4 is 21.6 Å². The van der Waals surface area contributed by atoms with Gasteiger partial charge in [-0.15, -0.1) is 0 Å². The fraction of sp³-hybridized carbons (Fsp3) is 0.435. The van der Waals surface area contributed by atoms with Crippen molar-refractivity contribution < 1.29 is 17.9 Å². The Kier molecular flexibility index (Phi) is 5.95. The Labute approximate surface area is 178 Å². The number of rotatable bonds is 4. The van der Waals surface area contributed by atoms with E-state index in [0.29, 0.717) is 44.8 Å². The topological polar surface area (TPSA) is 66.9 Å². The Balaban J connectivity index is 1.73. The van der Waals surface area contributed by atoms with E-state index in [0.717, 1.165) is 29.7 Å². The second-order valence-electron chi connectivity index (χ2n) is 7.84. The molecule has 7 heteroatoms. The highest BCUT2D eigenvalue weighted by Crippen LogP contribution is 2.32. The summed E-state index contributed by atoms with van der Waals surface area (Å²) in [6.07, 6.45) is 2.43. The standard InChI is InChI=1S/C23H28N2O4S/c1-3-18-9-10-20(16-21(18)30(27,28)24-12-14-29-15-13-24)23(26)25-11-5-8-19-7-4-6-17(2)22(19)25/h4,6-7,9-10,16H,3,5,8,11-15H2,1-2H3. The number of carbonyl (C=O) groups excluding carboxylic acids is 1. The Morgan fingerprint density at radius 1 is 1.10 bits per heavy atom. The summed E-state index contributed by atoms with van der Waals surface area (Å²) >= 11 is 0. The fourth-order valence-electron chi connectivity index (χ4n) is 4.35. The number of amides is 1. The van der Waals surface area contributed by atoms with E-state index in [9.17, 15) is 13.2 Å². The molecule has 0 saturated carbocycles. The number of ether oxygens (including phenoxy) is 1. The number of aryl methyl sites for hydroxylation is 3. The lowest BCUT2D eigenvalue weighted by atomic mass is 9.97. The Bertz CT molecular complexity index is 1060. The average molecular weight is 429 g/mol. The van der Waals surface area contributed by atoms with Crippen LogP contribution in [0.25, 0.3) is 0 Å². The van der Waals surface area contributed by atoms with Crippen LogP contribution in [0.5, 0.6) is 0 Å². The van der Waals surface area contributed by atoms with E-state index in [1.54, 1.807) is 23.1 Å². The van der Waals surface area contributed by atoms with E-state index >= 15 is 0 Å². The van der Waals surface area contributed by atoms with Crippen molar-refractivity contribution in [1.29, 1.82) is 0 Å². The quantitative estimate of drug-likeness (QED) is 0.750. The van der Waals surface area contributed by atoms with Crippen LogP contribution in [0.2, 0.25) is 0 Å². The summed E-state index contributed by atoms with van der Waals surface area (Å²) < 4.78 is 33.4. The van der Waals surface area contributed by atoms with E-state index in [1.807, 2.05) is 26.0 Å². The zero-order valence-corrected chi connectivity index (χ0v) is 18.4. The van der Waals surface area contributed by atoms with Crippen molar-refractivity contribution in [2.75, 3.05) is 37.7 Å². The highest BCUT2D eigenvalue weighted by Gasteiger charge is 2.30. The first-order chi connectivity index (χ1) is 14.4. The van der Waals surface area contributed by atoms with Crippen LogP contribution >= 0.6 is 0 Å². The van der Waals surface area contributed by atoms with E-state index in [2.05, 4.69) is 6.07 Å². The van der Waals surface area contributed by atoms with Gasteiger partial charge in [-0.05, 0) is 55.0 Å². The number of fused-ring (bicyclic) bond motifs is 1. The first-order valence-corrected chi connectivity index (χ1v) is 12.0. The van der Waals surface area contributed by atoms with Gasteiger partial charge in [0.15, 0.2) is 0 Å². The lowest BCUT2D eigenvalue weighted by Gasteiger charge is -2.31. The lowest BCUT2D eigenvalue weighted by Crippen LogP contribution is -2.41. The van der Waals surface area contributed by atoms with Gasteiger partial charge in [-0.1, -0.05) is 31.2 Å². The number of hydrogen-bond acceptors (Lipinski definition) is 4. The number of morpholine rings is 1. The number of benzene rings is 2. The minimum absolute atomic E-state index is 0.147. The monoisotopic (exact) mass is 428 g/mol. The Morgan fingerprint density at radius 2 is 1.87 bits per heavy atom. The molecule has 0 spiro atoms. The maximum absolute atomic E-state index is 13.5. The third-order valence-corrected chi connectivity index (χ3v) is 7.93. The largest absolute Gasteiger partial charge is 0.379 e. The van der Waals surface area contributed by atoms with Crippen molar-refractivity contribution in [3.63, 3.8) is 0 Å². The zero-order valence-electron chi connectivity index (χ0n) is 17.6. The van der Waals surface area contributed by atoms with Crippen molar-refractivity contribution in [1.82, 2.24) is 4.31 Å². The van der Waals surface area contributed by atoms with E-state index in [-0.39, 0.29) is 10.8 Å². The van der Waals surface area contributed by atoms with Crippen LogP contribution in [0.1, 0.15) is 40.4 Å². The van der Waals surface area contributed by atoms with Gasteiger partial charge in [0.1, 0.15) is 0 Å². The second kappa shape index (κ2) is 8.49. The first kappa shape index (κ1) is 21.0. The number of sulfonamides is 1. The van der Waals surface area contributed by atoms with Gasteiger partial charge in [-0.25, -0.2) is 8.42 Å². The molecule has 2 aromatic rings. The highest BCUT2D eigenvalue weighted by atomic mass is 32.2. The predicted molar refractivity (Wildman–Crippen MR) is 117 cm³/mol. The van der Waals surface area contributed by atoms with Gasteiger partial charge >= 0.3 is 0 Å². The molecule has 1 fully saturated rings. The summed E-state index contributed by atoms with van der Waals surface area (Å²) in [6.45, 7) is 6.03. The zero-order chi connectivity index (χ0) is 21.3. The third-order valence-electron chi connectivity index (χ3n) is 5.95. The number of hydrogen-bond donors (Lipinski definition) is 0. The molecule has 0 bridgehead atoms. The summed E-state index contributed by atoms with van der Waals surface area (Å²) in [5.41, 5.74) is 4.34. The lowest BCUT2D eigenvalue weighted by molar-refractivity contribution is 0.0730. The van der Waals surface area contributed by atoms with Crippen LogP contribution in [-0.2, 0) is 27.6 Å². The molecule has 1 saturated heterocycles. The van der Waals surface area contributed by atoms with Gasteiger partial charge in [0.05, 0.1) is 23.8 Å². The van der Waals surface area contributed by atoms with Crippen LogP contribution in [0, 0.1) is 6.92 Å². The molecule has 0 N–H and O–H groups in total. The Morgan fingerprint density at radius 3 is 2.60 bits per heavy atom. The third kappa shape index (κ3) is 3.77. The van der Waals surface area contributed by atoms with Crippen molar-refractivity contribution in [2.45, 2.75) is 38.0 Å². The molecule has 0 aromatic heterocycles. The summed E-state index contributed by atoms with van der Waals surface area (Å²) in [5, 5.41) is 0. The van der Waals surface area contributed by atoms with Crippen molar-refractivity contribution in [2.24, 2.45) is 0 Å². The molecule has 30 heavy (non-hydrogen) atoms. The van der Waals surface area contributed by atoms with Crippen LogP contribution in [0.3, 0.4) is 0 Å². The van der Waals surface area contributed by atoms with Crippen LogP contribution < -0.4 is 4.90 Å². The molecule has 0 unspecified atom stereocenters. The van der Waals surface area contributed by atoms with E-state index in [4.69, 9.17) is 4.74 Å². The highest BCUT2D eigenvalue weighted by molar-refractivity contribution is 7.89. The molecule has 2 aliphatic heterocycles. The van der Waals surface area contributed by atoms with Crippen molar-refractivity contribution in [3.05, 3.63) is 58.7 Å². The summed E-state index contributed by atoms with van der Waals surface area (Å²) in [5.74, 6) is -0.147. The molecule has 0 atom stereocenters. The normalized spacial score (nSPS) is 17.6. The van der Waals surface area contributed by atoms with Crippen LogP contribution in [0.15, 0.2) is 41.3 Å². The smallest absolute Gasteiger partial charge is 0.258 e. The molecule has 0 radical (unpaired) electrons. The van der Waals surface area contributed by atoms with Gasteiger partial charge in [-0.3, -0.25) is 4.79 Å². The maximum atomic E-state index is 13.5. The van der Waals surface area contributed by atoms with E-state index in [1.165, 1.54) is 9.87 Å². The van der Waals surface area contributed by atoms with Gasteiger partial charge in [0, 0.05) is 25.2 Å². The van der Waals surface area contributed by atoms with Gasteiger partial charge < -0.3 is 9.64 Å². The molecule has 2 aliphatic rings. The first-order valence-electron chi connectivity index (χ1n) is 10.5. The SMILES string of the molecule is CCc1ccc(C(=O)N2CCCc3cccc(C)c32)cc1S(=O)(=O)N1CCOCC1. The molecular formula is C23H28N2O4S. The Hall–Kier alpha value is -2.22. The van der Waals surface area contributed by atoms with Crippen LogP contribution in [-0.4, -0.2) is 51.5 Å². The molecule has 160 valence electrons. The molecule has 1 amide bonds. The van der Waals surface area contributed by atoms with Crippen LogP contribution in [0.4, 0.5) is 5.69 Å². The van der Waals surface area contributed by atoms with Gasteiger partial charge in [0.25, 0.3) is 5.91 Å². The number of para-hydroxylation sites is 1. The molecule has 4 rings (SSSR count). The van der Waals surface area contributed by atoms with E-state index < -0.39 is 10.0 Å². The number of nitrogens with zero attached hydrogens (tertiary/aromatic N) is 2. The molecule has 2 aromatic carbocycles. The number of anilines is 1. The molecule has 2 heterocycles.